The van der Waals surface area contributed by atoms with E-state index in [1.807, 2.05) is 61.8 Å². The van der Waals surface area contributed by atoms with E-state index < -0.39 is 0 Å². The molecule has 16 heterocycles. The van der Waals surface area contributed by atoms with Crippen LogP contribution < -0.4 is 44.5 Å². The van der Waals surface area contributed by atoms with Gasteiger partial charge in [0, 0.05) is 159 Å². The van der Waals surface area contributed by atoms with Crippen molar-refractivity contribution in [1.82, 2.24) is 44.9 Å². The van der Waals surface area contributed by atoms with E-state index in [1.165, 1.54) is 216 Å². The summed E-state index contributed by atoms with van der Waals surface area (Å²) in [6.07, 6.45) is 44.0. The van der Waals surface area contributed by atoms with Crippen LogP contribution in [-0.2, 0) is 0 Å². The van der Waals surface area contributed by atoms with Crippen LogP contribution in [0.2, 0.25) is 0 Å². The van der Waals surface area contributed by atoms with Gasteiger partial charge in [0.1, 0.15) is 52.4 Å². The Bertz CT molecular complexity index is 4730. The Labute approximate surface area is 853 Å². The largest absolute Gasteiger partial charge is 0.394 e. The van der Waals surface area contributed by atoms with Crippen molar-refractivity contribution < 1.29 is 10.2 Å². The van der Waals surface area contributed by atoms with Gasteiger partial charge in [-0.25, -0.2) is 44.9 Å². The zero-order chi connectivity index (χ0) is 97.0. The van der Waals surface area contributed by atoms with Crippen LogP contribution in [0.25, 0.3) is 0 Å². The SMILES string of the molecule is C.C.C.C.C.CC(C)c1ccc(N(C)C2CCCCC2)nc1.CC(C)c1ccc(N2CC(O)C2)nc1.CC(C)c1ccc(N2CCC2)nc1.CC(C)c1ccc(N2CCCC2)nc1.CC(C)c1ccc(N2CCCC2C)nc1.CC(C)c1ccc(N2CCC[C@H]2CO)nc1.CC(C)c1ccc(NC2CCCCC2)nc1.CC1CCN(c2ccc(C(C)C)cn2)C1.Cc1cc(C(C)C)cnc1N1CCCC1. The highest BCUT2D eigenvalue weighted by Crippen LogP contribution is 2.34. The van der Waals surface area contributed by atoms with E-state index in [1.54, 1.807) is 0 Å². The highest BCUT2D eigenvalue weighted by atomic mass is 16.3. The minimum atomic E-state index is -0.165. The molecule has 2 saturated carbocycles. The third kappa shape index (κ3) is 38.0. The molecule has 0 spiro atoms. The Kier molecular flexibility index (Phi) is 53.7. The van der Waals surface area contributed by atoms with Crippen molar-refractivity contribution in [3.8, 4) is 0 Å². The number of nitrogens with zero attached hydrogens (tertiary/aromatic N) is 17. The summed E-state index contributed by atoms with van der Waals surface area (Å²) in [7, 11) is 2.19. The maximum Gasteiger partial charge on any atom is 0.131 e. The van der Waals surface area contributed by atoms with Gasteiger partial charge in [-0.1, -0.05) is 262 Å². The van der Waals surface area contributed by atoms with Gasteiger partial charge < -0.3 is 54.7 Å². The molecular weight excluding hydrogens is 1730 g/mol. The third-order valence-corrected chi connectivity index (χ3v) is 28.4. The molecule has 20 nitrogen and oxygen atoms in total. The summed E-state index contributed by atoms with van der Waals surface area (Å²) in [5, 5.41) is 22.0. The van der Waals surface area contributed by atoms with Crippen LogP contribution in [0.3, 0.4) is 0 Å². The van der Waals surface area contributed by atoms with Gasteiger partial charge in [-0.15, -0.1) is 0 Å². The minimum absolute atomic E-state index is 0. The molecule has 778 valence electrons. The van der Waals surface area contributed by atoms with Crippen molar-refractivity contribution in [2.45, 2.75) is 394 Å². The molecule has 9 aromatic rings. The average Bonchev–Trinajstić information content (AvgIpc) is 1.48. The topological polar surface area (TPSA) is 194 Å². The molecule has 7 aliphatic heterocycles. The number of β-amino-alcohol motifs (C(OH)–C–C–N with tert-alkyl or cyclic N) is 1. The van der Waals surface area contributed by atoms with Gasteiger partial charge in [0.15, 0.2) is 0 Å². The molecule has 9 fully saturated rings. The zero-order valence-electron chi connectivity index (χ0n) is 87.5. The van der Waals surface area contributed by atoms with Crippen molar-refractivity contribution in [1.29, 1.82) is 0 Å². The first-order valence-corrected chi connectivity index (χ1v) is 52.6. The number of rotatable bonds is 21. The fraction of sp³-hybridized carbons (Fsp3) is 0.625. The second-order valence-corrected chi connectivity index (χ2v) is 42.3. The van der Waals surface area contributed by atoms with Crippen LogP contribution in [0.4, 0.5) is 52.4 Å². The van der Waals surface area contributed by atoms with E-state index in [4.69, 9.17) is 5.11 Å². The molecule has 20 heteroatoms. The Balaban J connectivity index is 0.000000277. The van der Waals surface area contributed by atoms with Crippen molar-refractivity contribution >= 4 is 52.4 Å². The van der Waals surface area contributed by atoms with Crippen LogP contribution in [-0.4, -0.2) is 178 Å². The molecule has 2 aliphatic carbocycles. The molecule has 3 atom stereocenters. The van der Waals surface area contributed by atoms with Crippen LogP contribution in [0.1, 0.15) is 413 Å². The number of aromatic nitrogens is 9. The van der Waals surface area contributed by atoms with Crippen LogP contribution in [0.5, 0.6) is 0 Å². The van der Waals surface area contributed by atoms with Crippen molar-refractivity contribution in [3.63, 3.8) is 0 Å². The first-order chi connectivity index (χ1) is 64.9. The van der Waals surface area contributed by atoms with Gasteiger partial charge in [0.25, 0.3) is 0 Å². The number of anilines is 9. The first kappa shape index (κ1) is 121. The third-order valence-electron chi connectivity index (χ3n) is 28.4. The molecule has 18 rings (SSSR count). The highest BCUT2D eigenvalue weighted by Gasteiger charge is 2.29. The molecular formula is C120H196N18O2. The second kappa shape index (κ2) is 62.1. The van der Waals surface area contributed by atoms with Crippen molar-refractivity contribution in [2.75, 3.05) is 137 Å². The van der Waals surface area contributed by atoms with Crippen LogP contribution in [0.15, 0.2) is 159 Å². The number of aryl methyl sites for hydroxylation is 1. The summed E-state index contributed by atoms with van der Waals surface area (Å²) >= 11 is 0. The van der Waals surface area contributed by atoms with E-state index in [2.05, 4.69) is 339 Å². The van der Waals surface area contributed by atoms with Gasteiger partial charge >= 0.3 is 0 Å². The van der Waals surface area contributed by atoms with E-state index in [-0.39, 0.29) is 55.9 Å². The lowest BCUT2D eigenvalue weighted by Gasteiger charge is -2.36. The summed E-state index contributed by atoms with van der Waals surface area (Å²) in [5.41, 5.74) is 13.1. The zero-order valence-corrected chi connectivity index (χ0v) is 87.5. The van der Waals surface area contributed by atoms with Crippen LogP contribution in [0, 0.1) is 12.8 Å². The molecule has 0 radical (unpaired) electrons. The lowest BCUT2D eigenvalue weighted by molar-refractivity contribution is 0.141. The molecule has 0 aromatic carbocycles. The summed E-state index contributed by atoms with van der Waals surface area (Å²) < 4.78 is 0. The number of aliphatic hydroxyl groups is 2. The number of hydrogen-bond donors (Lipinski definition) is 3. The smallest absolute Gasteiger partial charge is 0.131 e. The Morgan fingerprint density at radius 1 is 0.321 bits per heavy atom. The van der Waals surface area contributed by atoms with E-state index in [0.29, 0.717) is 84.5 Å². The van der Waals surface area contributed by atoms with Gasteiger partial charge in [0.2, 0.25) is 0 Å². The maximum absolute atomic E-state index is 9.27. The molecule has 7 saturated heterocycles. The standard InChI is InChI=1S/C15H24N2.C14H22N2.C13H20N2O.3C13H20N2.C12H18N2.C11H16N2O.C11H16N2.5CH4/c1-12(2)13-9-10-15(16-11-13)17(3)14-7-5-4-6-8-14;1-11(2)12-8-9-14(15-10-12)16-13-6-4-3-5-7-13;1-10(2)11-5-6-13(14-8-11)15-7-3-4-12(15)9-16;1-10(2)12-4-5-13(14-8-12)15-7-6-11(3)9-15;1-10(2)12-6-7-13(14-9-12)15-8-4-5-11(15)3;1-10(2)12-8-11(3)13(14-9-12)15-6-4-5-7-15;1-10(2)11-5-6-12(13-9-11)14-7-3-4-8-14;1-8(2)9-3-4-11(12-5-9)13-6-10(14)7-13;1-9(2)10-4-5-11(12-8-10)13-6-3-7-13;;;;;/h9-12,14H,4-8H2,1-3H3;8-11,13H,3-7H2,1-2H3,(H,15,16);5-6,8,10,12,16H,3-4,7,9H2,1-2H3;4-5,8,10-11H,6-7,9H2,1-3H3;6-7,9-11H,4-5,8H2,1-3H3;8-10H,4-7H2,1-3H3;5-6,9-10H,3-4,7-8H2,1-2H3;3-5,8,10,14H,6-7H2,1-2H3;4-5,8-9H,3,6-7H2,1-2H3;5*1H4/t;;12-;;;;;;;;;;;/m..0.........../s1. The minimum Gasteiger partial charge on any atom is -0.394 e. The predicted molar refractivity (Wildman–Crippen MR) is 607 cm³/mol. The molecule has 2 unspecified atom stereocenters. The summed E-state index contributed by atoms with van der Waals surface area (Å²) in [4.78, 5) is 59.1. The Morgan fingerprint density at radius 3 is 1.01 bits per heavy atom. The van der Waals surface area contributed by atoms with Gasteiger partial charge in [-0.3, -0.25) is 0 Å². The van der Waals surface area contributed by atoms with Gasteiger partial charge in [-0.2, -0.15) is 0 Å². The van der Waals surface area contributed by atoms with Crippen molar-refractivity contribution in [3.05, 3.63) is 215 Å². The summed E-state index contributed by atoms with van der Waals surface area (Å²) in [6, 6.07) is 39.0. The number of aliphatic hydroxyl groups excluding tert-OH is 2. The lowest BCUT2D eigenvalue weighted by Crippen LogP contribution is -2.51. The van der Waals surface area contributed by atoms with Crippen LogP contribution >= 0.6 is 0 Å². The number of nitrogens with one attached hydrogen (secondary N) is 1. The van der Waals surface area contributed by atoms with Crippen molar-refractivity contribution in [2.24, 2.45) is 5.92 Å². The molecule has 140 heavy (non-hydrogen) atoms. The van der Waals surface area contributed by atoms with E-state index in [0.717, 1.165) is 91.5 Å². The highest BCUT2D eigenvalue weighted by molar-refractivity contribution is 5.51. The van der Waals surface area contributed by atoms with E-state index in [9.17, 15) is 5.11 Å². The lowest BCUT2D eigenvalue weighted by atomic mass is 9.94. The quantitative estimate of drug-likeness (QED) is 0.0614. The second-order valence-electron chi connectivity index (χ2n) is 42.3. The Morgan fingerprint density at radius 2 is 0.671 bits per heavy atom. The first-order valence-electron chi connectivity index (χ1n) is 52.6. The normalized spacial score (nSPS) is 17.7. The fourth-order valence-electron chi connectivity index (χ4n) is 18.5. The maximum atomic E-state index is 9.27. The van der Waals surface area contributed by atoms with E-state index >= 15 is 0 Å². The molecule has 3 N–H and O–H groups in total. The number of hydrogen-bond acceptors (Lipinski definition) is 20. The Hall–Kier alpha value is -9.53. The average molecular weight is 1920 g/mol. The van der Waals surface area contributed by atoms with Gasteiger partial charge in [-0.05, 0) is 267 Å². The molecule has 9 aliphatic rings. The van der Waals surface area contributed by atoms with Gasteiger partial charge in [0.05, 0.1) is 18.8 Å². The summed E-state index contributed by atoms with van der Waals surface area (Å²) in [5.74, 6) is 15.8. The molecule has 9 aromatic heterocycles. The predicted octanol–water partition coefficient (Wildman–Crippen LogP) is 29.2. The monoisotopic (exact) mass is 1920 g/mol. The summed E-state index contributed by atoms with van der Waals surface area (Å²) in [6.45, 7) is 59.5. The molecule has 0 bridgehead atoms. The molecule has 0 amide bonds. The fourth-order valence-corrected chi connectivity index (χ4v) is 18.5. The number of pyridine rings is 9.